The molecule has 9 heteroatoms. The SMILES string of the molecule is C=CCN(CC(F)(F)F)C(=O)c1ccc(C)c(S(=O)(=O)N(CC)CC)c1. The summed E-state index contributed by atoms with van der Waals surface area (Å²) in [6.45, 7) is 7.04. The van der Waals surface area contributed by atoms with Crippen molar-refractivity contribution in [2.75, 3.05) is 26.2 Å². The van der Waals surface area contributed by atoms with Crippen LogP contribution >= 0.6 is 0 Å². The van der Waals surface area contributed by atoms with Gasteiger partial charge in [0.05, 0.1) is 4.90 Å². The van der Waals surface area contributed by atoms with Crippen molar-refractivity contribution >= 4 is 15.9 Å². The highest BCUT2D eigenvalue weighted by Crippen LogP contribution is 2.23. The molecule has 1 aromatic rings. The van der Waals surface area contributed by atoms with Gasteiger partial charge in [0.2, 0.25) is 10.0 Å². The van der Waals surface area contributed by atoms with E-state index in [-0.39, 0.29) is 30.1 Å². The van der Waals surface area contributed by atoms with Crippen LogP contribution in [-0.2, 0) is 10.0 Å². The van der Waals surface area contributed by atoms with Crippen LogP contribution < -0.4 is 0 Å². The Hall–Kier alpha value is -1.87. The Bertz CT molecular complexity index is 757. The fraction of sp³-hybridized carbons (Fsp3) is 0.471. The molecular weight excluding hydrogens is 369 g/mol. The van der Waals surface area contributed by atoms with Crippen molar-refractivity contribution in [2.24, 2.45) is 0 Å². The molecule has 0 saturated heterocycles. The summed E-state index contributed by atoms with van der Waals surface area (Å²) in [7, 11) is -3.84. The van der Waals surface area contributed by atoms with Crippen LogP contribution in [0, 0.1) is 6.92 Å². The van der Waals surface area contributed by atoms with Crippen molar-refractivity contribution in [3.05, 3.63) is 42.0 Å². The Morgan fingerprint density at radius 3 is 2.27 bits per heavy atom. The maximum atomic E-state index is 12.7. The zero-order valence-corrected chi connectivity index (χ0v) is 15.8. The molecule has 0 heterocycles. The van der Waals surface area contributed by atoms with Crippen LogP contribution in [0.15, 0.2) is 35.7 Å². The molecule has 0 N–H and O–H groups in total. The maximum Gasteiger partial charge on any atom is 0.406 e. The molecular formula is C17H23F3N2O3S. The fourth-order valence-corrected chi connectivity index (χ4v) is 4.20. The van der Waals surface area contributed by atoms with Gasteiger partial charge in [-0.3, -0.25) is 4.79 Å². The van der Waals surface area contributed by atoms with Crippen LogP contribution in [0.25, 0.3) is 0 Å². The number of nitrogens with zero attached hydrogens (tertiary/aromatic N) is 2. The molecule has 26 heavy (non-hydrogen) atoms. The second-order valence-electron chi connectivity index (χ2n) is 5.66. The van der Waals surface area contributed by atoms with Crippen LogP contribution in [0.4, 0.5) is 13.2 Å². The second-order valence-corrected chi connectivity index (χ2v) is 7.57. The molecule has 0 fully saturated rings. The van der Waals surface area contributed by atoms with Crippen molar-refractivity contribution in [3.63, 3.8) is 0 Å². The Morgan fingerprint density at radius 2 is 1.81 bits per heavy atom. The van der Waals surface area contributed by atoms with E-state index < -0.39 is 28.7 Å². The van der Waals surface area contributed by atoms with E-state index in [1.807, 2.05) is 0 Å². The number of sulfonamides is 1. The average Bonchev–Trinajstić information content (AvgIpc) is 2.53. The summed E-state index contributed by atoms with van der Waals surface area (Å²) in [6, 6.07) is 3.88. The number of benzene rings is 1. The van der Waals surface area contributed by atoms with E-state index in [9.17, 15) is 26.4 Å². The first-order valence-electron chi connectivity index (χ1n) is 8.05. The van der Waals surface area contributed by atoms with Gasteiger partial charge in [-0.1, -0.05) is 26.0 Å². The van der Waals surface area contributed by atoms with Crippen LogP contribution in [-0.4, -0.2) is 55.9 Å². The number of alkyl halides is 3. The van der Waals surface area contributed by atoms with E-state index in [2.05, 4.69) is 6.58 Å². The number of amides is 1. The molecule has 0 radical (unpaired) electrons. The summed E-state index contributed by atoms with van der Waals surface area (Å²) in [5, 5.41) is 0. The second kappa shape index (κ2) is 8.68. The van der Waals surface area contributed by atoms with E-state index >= 15 is 0 Å². The van der Waals surface area contributed by atoms with Crippen molar-refractivity contribution in [1.82, 2.24) is 9.21 Å². The zero-order valence-electron chi connectivity index (χ0n) is 15.0. The van der Waals surface area contributed by atoms with Gasteiger partial charge in [-0.05, 0) is 24.6 Å². The lowest BCUT2D eigenvalue weighted by Gasteiger charge is -2.24. The van der Waals surface area contributed by atoms with E-state index in [0.717, 1.165) is 6.07 Å². The summed E-state index contributed by atoms with van der Waals surface area (Å²) >= 11 is 0. The van der Waals surface area contributed by atoms with E-state index in [0.29, 0.717) is 10.5 Å². The van der Waals surface area contributed by atoms with Gasteiger partial charge in [0.15, 0.2) is 0 Å². The minimum absolute atomic E-state index is 0.0855. The molecule has 0 saturated carbocycles. The molecule has 1 rings (SSSR count). The molecule has 0 unspecified atom stereocenters. The Kier molecular flexibility index (Phi) is 7.40. The molecule has 5 nitrogen and oxygen atoms in total. The van der Waals surface area contributed by atoms with Gasteiger partial charge in [-0.25, -0.2) is 8.42 Å². The topological polar surface area (TPSA) is 57.7 Å². The highest BCUT2D eigenvalue weighted by molar-refractivity contribution is 7.89. The van der Waals surface area contributed by atoms with E-state index in [4.69, 9.17) is 0 Å². The van der Waals surface area contributed by atoms with Gasteiger partial charge >= 0.3 is 6.18 Å². The summed E-state index contributed by atoms with van der Waals surface area (Å²) in [4.78, 5) is 13.0. The van der Waals surface area contributed by atoms with Crippen molar-refractivity contribution in [3.8, 4) is 0 Å². The van der Waals surface area contributed by atoms with Crippen LogP contribution in [0.1, 0.15) is 29.8 Å². The predicted octanol–water partition coefficient (Wildman–Crippen LogP) is 3.22. The first kappa shape index (κ1) is 22.2. The number of aryl methyl sites for hydroxylation is 1. The Morgan fingerprint density at radius 1 is 1.23 bits per heavy atom. The molecule has 146 valence electrons. The maximum absolute atomic E-state index is 12.7. The Labute approximate surface area is 152 Å². The number of hydrogen-bond donors (Lipinski definition) is 0. The molecule has 0 atom stereocenters. The quantitative estimate of drug-likeness (QED) is 0.639. The summed E-state index contributed by atoms with van der Waals surface area (Å²) in [5.41, 5.74) is 0.298. The molecule has 0 bridgehead atoms. The third kappa shape index (κ3) is 5.31. The third-order valence-electron chi connectivity index (χ3n) is 3.77. The minimum Gasteiger partial charge on any atom is -0.326 e. The zero-order chi connectivity index (χ0) is 20.1. The molecule has 0 spiro atoms. The van der Waals surface area contributed by atoms with Gasteiger partial charge in [-0.2, -0.15) is 17.5 Å². The summed E-state index contributed by atoms with van der Waals surface area (Å²) < 4.78 is 64.8. The van der Waals surface area contributed by atoms with Crippen molar-refractivity contribution in [2.45, 2.75) is 31.8 Å². The first-order valence-corrected chi connectivity index (χ1v) is 9.49. The monoisotopic (exact) mass is 392 g/mol. The highest BCUT2D eigenvalue weighted by Gasteiger charge is 2.33. The lowest BCUT2D eigenvalue weighted by atomic mass is 10.1. The highest BCUT2D eigenvalue weighted by atomic mass is 32.2. The largest absolute Gasteiger partial charge is 0.406 e. The smallest absolute Gasteiger partial charge is 0.326 e. The molecule has 0 aliphatic rings. The van der Waals surface area contributed by atoms with Crippen molar-refractivity contribution in [1.29, 1.82) is 0 Å². The van der Waals surface area contributed by atoms with Gasteiger partial charge in [0.25, 0.3) is 5.91 Å². The predicted molar refractivity (Wildman–Crippen MR) is 93.4 cm³/mol. The standard InChI is InChI=1S/C17H23F3N2O3S/c1-5-10-21(12-17(18,19)20)16(23)14-9-8-13(4)15(11-14)26(24,25)22(6-2)7-3/h5,8-9,11H,1,6-7,10,12H2,2-4H3. The third-order valence-corrected chi connectivity index (χ3v) is 5.96. The molecule has 1 aromatic carbocycles. The normalized spacial score (nSPS) is 12.3. The minimum atomic E-state index is -4.57. The van der Waals surface area contributed by atoms with E-state index in [1.54, 1.807) is 20.8 Å². The van der Waals surface area contributed by atoms with Gasteiger partial charge in [-0.15, -0.1) is 6.58 Å². The summed E-state index contributed by atoms with van der Waals surface area (Å²) in [5.74, 6) is -0.904. The number of hydrogen-bond acceptors (Lipinski definition) is 3. The first-order chi connectivity index (χ1) is 12.0. The number of rotatable bonds is 8. The number of halogens is 3. The van der Waals surface area contributed by atoms with Crippen LogP contribution in [0.3, 0.4) is 0 Å². The lowest BCUT2D eigenvalue weighted by molar-refractivity contribution is -0.139. The summed E-state index contributed by atoms with van der Waals surface area (Å²) in [6.07, 6.45) is -3.38. The Balaban J connectivity index is 3.34. The molecule has 1 amide bonds. The molecule has 0 aliphatic carbocycles. The van der Waals surface area contributed by atoms with Crippen LogP contribution in [0.2, 0.25) is 0 Å². The number of carbonyl (C=O) groups excluding carboxylic acids is 1. The van der Waals surface area contributed by atoms with Crippen LogP contribution in [0.5, 0.6) is 0 Å². The molecule has 0 aromatic heterocycles. The van der Waals surface area contributed by atoms with Crippen molar-refractivity contribution < 1.29 is 26.4 Å². The lowest BCUT2D eigenvalue weighted by Crippen LogP contribution is -2.39. The number of carbonyl (C=O) groups is 1. The van der Waals surface area contributed by atoms with Gasteiger partial charge in [0, 0.05) is 25.2 Å². The molecule has 0 aliphatic heterocycles. The fourth-order valence-electron chi connectivity index (χ4n) is 2.49. The average molecular weight is 392 g/mol. The van der Waals surface area contributed by atoms with Gasteiger partial charge < -0.3 is 4.90 Å². The van der Waals surface area contributed by atoms with Gasteiger partial charge in [0.1, 0.15) is 6.54 Å². The van der Waals surface area contributed by atoms with E-state index in [1.165, 1.54) is 22.5 Å².